The highest BCUT2D eigenvalue weighted by molar-refractivity contribution is 5.89. The topological polar surface area (TPSA) is 54.3 Å². The molecule has 0 saturated carbocycles. The normalized spacial score (nSPS) is 16.9. The summed E-state index contributed by atoms with van der Waals surface area (Å²) in [6, 6.07) is 10.5. The molecule has 1 aliphatic carbocycles. The second-order valence-corrected chi connectivity index (χ2v) is 8.21. The largest absolute Gasteiger partial charge is 0.352 e. The lowest BCUT2D eigenvalue weighted by Crippen LogP contribution is -2.49. The predicted molar refractivity (Wildman–Crippen MR) is 114 cm³/mol. The highest BCUT2D eigenvalue weighted by Gasteiger charge is 2.24. The van der Waals surface area contributed by atoms with Gasteiger partial charge in [0, 0.05) is 50.3 Å². The van der Waals surface area contributed by atoms with Gasteiger partial charge in [0.1, 0.15) is 0 Å². The van der Waals surface area contributed by atoms with Gasteiger partial charge in [-0.25, -0.2) is 0 Å². The Bertz CT molecular complexity index is 1050. The number of fused-ring (bicyclic) bond motifs is 2. The number of para-hydroxylation sites is 1. The molecule has 1 saturated heterocycles. The number of nitrogens with zero attached hydrogens (tertiary/aromatic N) is 5. The molecule has 5 rings (SSSR count). The number of hydrogen-bond acceptors (Lipinski definition) is 4. The molecule has 6 nitrogen and oxygen atoms in total. The zero-order valence-corrected chi connectivity index (χ0v) is 17.0. The predicted octanol–water partition coefficient (Wildman–Crippen LogP) is 2.74. The highest BCUT2D eigenvalue weighted by atomic mass is 16.2. The molecule has 1 amide bonds. The number of benzene rings is 1. The smallest absolute Gasteiger partial charge is 0.227 e. The maximum absolute atomic E-state index is 12.9. The summed E-state index contributed by atoms with van der Waals surface area (Å²) in [5.74, 6) is 1.17. The second-order valence-electron chi connectivity index (χ2n) is 8.21. The van der Waals surface area contributed by atoms with Crippen LogP contribution in [-0.2, 0) is 31.1 Å². The summed E-state index contributed by atoms with van der Waals surface area (Å²) in [6.07, 6.45) is 7.18. The monoisotopic (exact) mass is 389 g/mol. The molecule has 0 unspecified atom stereocenters. The first-order valence-electron chi connectivity index (χ1n) is 10.6. The van der Waals surface area contributed by atoms with Crippen molar-refractivity contribution in [1.29, 1.82) is 0 Å². The van der Waals surface area contributed by atoms with Crippen LogP contribution in [0.25, 0.3) is 10.9 Å². The lowest BCUT2D eigenvalue weighted by Gasteiger charge is -2.35. The third kappa shape index (κ3) is 3.48. The zero-order chi connectivity index (χ0) is 19.8. The molecule has 2 aromatic heterocycles. The number of hydrogen-bond donors (Lipinski definition) is 0. The van der Waals surface area contributed by atoms with Crippen molar-refractivity contribution in [3.05, 3.63) is 53.3 Å². The van der Waals surface area contributed by atoms with E-state index in [0.717, 1.165) is 50.4 Å². The zero-order valence-electron chi connectivity index (χ0n) is 17.0. The van der Waals surface area contributed by atoms with Gasteiger partial charge in [-0.3, -0.25) is 4.79 Å². The minimum atomic E-state index is 0.206. The van der Waals surface area contributed by atoms with E-state index >= 15 is 0 Å². The molecular weight excluding hydrogens is 362 g/mol. The highest BCUT2D eigenvalue weighted by Crippen LogP contribution is 2.24. The van der Waals surface area contributed by atoms with Gasteiger partial charge in [0.15, 0.2) is 5.82 Å². The SMILES string of the molecule is Cn1cc(CC(=O)N2CCN(c3cc4c(nn3)CCCC4)CC2)c2ccccc21. The summed E-state index contributed by atoms with van der Waals surface area (Å²) >= 11 is 0. The average molecular weight is 390 g/mol. The fraction of sp³-hybridized carbons (Fsp3) is 0.435. The molecule has 2 aliphatic rings. The first kappa shape index (κ1) is 18.2. The summed E-state index contributed by atoms with van der Waals surface area (Å²) in [6.45, 7) is 3.11. The fourth-order valence-electron chi connectivity index (χ4n) is 4.66. The van der Waals surface area contributed by atoms with Crippen molar-refractivity contribution in [2.24, 2.45) is 7.05 Å². The van der Waals surface area contributed by atoms with Crippen LogP contribution in [0, 0.1) is 0 Å². The quantitative estimate of drug-likeness (QED) is 0.691. The average Bonchev–Trinajstić information content (AvgIpc) is 3.09. The molecule has 1 aliphatic heterocycles. The summed E-state index contributed by atoms with van der Waals surface area (Å²) in [7, 11) is 2.04. The first-order valence-corrected chi connectivity index (χ1v) is 10.6. The number of aromatic nitrogens is 3. The molecule has 0 radical (unpaired) electrons. The Kier molecular flexibility index (Phi) is 4.70. The summed E-state index contributed by atoms with van der Waals surface area (Å²) in [4.78, 5) is 17.2. The Morgan fingerprint density at radius 3 is 2.69 bits per heavy atom. The van der Waals surface area contributed by atoms with Crippen LogP contribution in [0.4, 0.5) is 5.82 Å². The lowest BCUT2D eigenvalue weighted by atomic mass is 9.97. The van der Waals surface area contributed by atoms with Crippen LogP contribution in [0.5, 0.6) is 0 Å². The second kappa shape index (κ2) is 7.50. The number of carbonyl (C=O) groups excluding carboxylic acids is 1. The number of carbonyl (C=O) groups is 1. The van der Waals surface area contributed by atoms with Crippen molar-refractivity contribution in [1.82, 2.24) is 19.7 Å². The molecule has 0 atom stereocenters. The molecule has 150 valence electrons. The molecule has 1 aromatic carbocycles. The number of piperazine rings is 1. The van der Waals surface area contributed by atoms with Crippen LogP contribution < -0.4 is 4.90 Å². The van der Waals surface area contributed by atoms with Crippen molar-refractivity contribution >= 4 is 22.6 Å². The minimum Gasteiger partial charge on any atom is -0.352 e. The molecule has 29 heavy (non-hydrogen) atoms. The van der Waals surface area contributed by atoms with Gasteiger partial charge in [0.25, 0.3) is 0 Å². The maximum Gasteiger partial charge on any atom is 0.227 e. The van der Waals surface area contributed by atoms with Crippen LogP contribution in [0.15, 0.2) is 36.5 Å². The van der Waals surface area contributed by atoms with Gasteiger partial charge >= 0.3 is 0 Å². The maximum atomic E-state index is 12.9. The Morgan fingerprint density at radius 1 is 1.03 bits per heavy atom. The molecule has 3 heterocycles. The van der Waals surface area contributed by atoms with Crippen molar-refractivity contribution in [3.63, 3.8) is 0 Å². The Balaban J connectivity index is 1.24. The van der Waals surface area contributed by atoms with E-state index in [2.05, 4.69) is 44.1 Å². The number of amides is 1. The van der Waals surface area contributed by atoms with E-state index in [9.17, 15) is 4.79 Å². The van der Waals surface area contributed by atoms with Gasteiger partial charge in [0.05, 0.1) is 12.1 Å². The van der Waals surface area contributed by atoms with E-state index in [1.54, 1.807) is 0 Å². The Hall–Kier alpha value is -2.89. The fourth-order valence-corrected chi connectivity index (χ4v) is 4.66. The van der Waals surface area contributed by atoms with Gasteiger partial charge in [0.2, 0.25) is 5.91 Å². The van der Waals surface area contributed by atoms with E-state index in [4.69, 9.17) is 0 Å². The van der Waals surface area contributed by atoms with Crippen molar-refractivity contribution in [2.75, 3.05) is 31.1 Å². The summed E-state index contributed by atoms with van der Waals surface area (Å²) in [5.41, 5.74) is 4.81. The van der Waals surface area contributed by atoms with E-state index in [1.165, 1.54) is 35.0 Å². The van der Waals surface area contributed by atoms with E-state index < -0.39 is 0 Å². The third-order valence-electron chi connectivity index (χ3n) is 6.33. The summed E-state index contributed by atoms with van der Waals surface area (Å²) < 4.78 is 2.10. The van der Waals surface area contributed by atoms with Crippen LogP contribution in [0.1, 0.15) is 29.7 Å². The molecule has 0 spiro atoms. The summed E-state index contributed by atoms with van der Waals surface area (Å²) in [5, 5.41) is 10.1. The van der Waals surface area contributed by atoms with Crippen LogP contribution in [0.2, 0.25) is 0 Å². The van der Waals surface area contributed by atoms with Gasteiger partial charge in [-0.2, -0.15) is 5.10 Å². The van der Waals surface area contributed by atoms with Crippen molar-refractivity contribution < 1.29 is 4.79 Å². The molecule has 0 N–H and O–H groups in total. The molecule has 3 aromatic rings. The first-order chi connectivity index (χ1) is 14.2. The van der Waals surface area contributed by atoms with E-state index in [0.29, 0.717) is 6.42 Å². The van der Waals surface area contributed by atoms with Crippen LogP contribution >= 0.6 is 0 Å². The molecular formula is C23H27N5O. The van der Waals surface area contributed by atoms with Gasteiger partial charge in [-0.1, -0.05) is 18.2 Å². The molecule has 0 bridgehead atoms. The molecule has 1 fully saturated rings. The number of rotatable bonds is 3. The standard InChI is InChI=1S/C23H27N5O/c1-26-16-18(19-7-3-5-9-21(19)26)15-23(29)28-12-10-27(11-13-28)22-14-17-6-2-4-8-20(17)24-25-22/h3,5,7,9,14,16H,2,4,6,8,10-13,15H2,1H3. The lowest BCUT2D eigenvalue weighted by molar-refractivity contribution is -0.130. The van der Waals surface area contributed by atoms with Crippen molar-refractivity contribution in [3.8, 4) is 0 Å². The Labute approximate surface area is 171 Å². The molecule has 6 heteroatoms. The Morgan fingerprint density at radius 2 is 1.83 bits per heavy atom. The van der Waals surface area contributed by atoms with Gasteiger partial charge in [-0.05, 0) is 48.9 Å². The van der Waals surface area contributed by atoms with Gasteiger partial charge < -0.3 is 14.4 Å². The van der Waals surface area contributed by atoms with E-state index in [1.807, 2.05) is 24.1 Å². The van der Waals surface area contributed by atoms with Gasteiger partial charge in [-0.15, -0.1) is 5.10 Å². The third-order valence-corrected chi connectivity index (χ3v) is 6.33. The van der Waals surface area contributed by atoms with E-state index in [-0.39, 0.29) is 5.91 Å². The number of aryl methyl sites for hydroxylation is 3. The minimum absolute atomic E-state index is 0.206. The van der Waals surface area contributed by atoms with Crippen molar-refractivity contribution in [2.45, 2.75) is 32.1 Å². The van der Waals surface area contributed by atoms with Crippen LogP contribution in [-0.4, -0.2) is 51.8 Å². The number of anilines is 1. The van der Waals surface area contributed by atoms with Crippen LogP contribution in [0.3, 0.4) is 0 Å².